The normalized spacial score (nSPS) is 15.2. The largest absolute Gasteiger partial charge is 0.459 e. The van der Waals surface area contributed by atoms with Crippen molar-refractivity contribution >= 4 is 15.9 Å². The molecule has 0 bridgehead atoms. The van der Waals surface area contributed by atoms with Gasteiger partial charge in [-0.15, -0.1) is 0 Å². The number of aliphatic hydroxyl groups excluding tert-OH is 1. The fourth-order valence-electron chi connectivity index (χ4n) is 1.38. The highest BCUT2D eigenvalue weighted by molar-refractivity contribution is 9.10. The Morgan fingerprint density at radius 1 is 0.950 bits per heavy atom. The first kappa shape index (κ1) is 17.2. The standard InChI is InChI=1S/C11H8BrF7O/c12-7-3-1-6(2-4-7)8(20)5-9(13,14)10(15,16)11(17,18)19/h1-4,8,20H,5H2. The van der Waals surface area contributed by atoms with Crippen LogP contribution >= 0.6 is 15.9 Å². The van der Waals surface area contributed by atoms with E-state index in [-0.39, 0.29) is 5.56 Å². The number of aliphatic hydroxyl groups is 1. The summed E-state index contributed by atoms with van der Waals surface area (Å²) in [4.78, 5) is 0. The molecule has 114 valence electrons. The minimum Gasteiger partial charge on any atom is -0.388 e. The lowest BCUT2D eigenvalue weighted by atomic mass is 9.99. The summed E-state index contributed by atoms with van der Waals surface area (Å²) in [6, 6.07) is 4.93. The highest BCUT2D eigenvalue weighted by Crippen LogP contribution is 2.49. The molecule has 20 heavy (non-hydrogen) atoms. The summed E-state index contributed by atoms with van der Waals surface area (Å²) >= 11 is 3.02. The predicted molar refractivity (Wildman–Crippen MR) is 59.7 cm³/mol. The van der Waals surface area contributed by atoms with Gasteiger partial charge in [-0.1, -0.05) is 28.1 Å². The Bertz CT molecular complexity index is 455. The van der Waals surface area contributed by atoms with E-state index in [1.54, 1.807) is 0 Å². The summed E-state index contributed by atoms with van der Waals surface area (Å²) in [7, 11) is 0. The number of halogens is 8. The van der Waals surface area contributed by atoms with Gasteiger partial charge in [0, 0.05) is 10.9 Å². The first-order valence-corrected chi connectivity index (χ1v) is 5.93. The van der Waals surface area contributed by atoms with Crippen LogP contribution in [0.1, 0.15) is 18.1 Å². The molecule has 0 aliphatic carbocycles. The van der Waals surface area contributed by atoms with Crippen LogP contribution in [-0.2, 0) is 0 Å². The van der Waals surface area contributed by atoms with Gasteiger partial charge in [0.05, 0.1) is 6.10 Å². The van der Waals surface area contributed by atoms with E-state index >= 15 is 0 Å². The second-order valence-electron chi connectivity index (χ2n) is 4.05. The molecular formula is C11H8BrF7O. The molecule has 0 heterocycles. The van der Waals surface area contributed by atoms with Crippen molar-refractivity contribution in [1.29, 1.82) is 0 Å². The smallest absolute Gasteiger partial charge is 0.388 e. The van der Waals surface area contributed by atoms with Gasteiger partial charge >= 0.3 is 18.0 Å². The zero-order chi connectivity index (χ0) is 15.8. The van der Waals surface area contributed by atoms with E-state index < -0.39 is 30.5 Å². The van der Waals surface area contributed by atoms with Crippen molar-refractivity contribution in [2.24, 2.45) is 0 Å². The van der Waals surface area contributed by atoms with Gasteiger partial charge in [-0.05, 0) is 17.7 Å². The van der Waals surface area contributed by atoms with Crippen LogP contribution in [0.4, 0.5) is 30.7 Å². The van der Waals surface area contributed by atoms with E-state index in [0.717, 1.165) is 12.1 Å². The molecule has 0 saturated heterocycles. The molecule has 1 aromatic rings. The maximum atomic E-state index is 13.1. The van der Waals surface area contributed by atoms with Crippen molar-refractivity contribution in [1.82, 2.24) is 0 Å². The van der Waals surface area contributed by atoms with E-state index in [1.165, 1.54) is 12.1 Å². The van der Waals surface area contributed by atoms with Gasteiger partial charge in [0.2, 0.25) is 0 Å². The summed E-state index contributed by atoms with van der Waals surface area (Å²) in [5.74, 6) is -11.6. The Morgan fingerprint density at radius 3 is 1.80 bits per heavy atom. The van der Waals surface area contributed by atoms with Crippen molar-refractivity contribution in [2.75, 3.05) is 0 Å². The van der Waals surface area contributed by atoms with Gasteiger partial charge in [-0.2, -0.15) is 30.7 Å². The number of hydrogen-bond donors (Lipinski definition) is 1. The Kier molecular flexibility index (Phi) is 4.75. The van der Waals surface area contributed by atoms with Crippen molar-refractivity contribution in [3.8, 4) is 0 Å². The summed E-state index contributed by atoms with van der Waals surface area (Å²) in [6.07, 6.45) is -10.6. The third-order valence-corrected chi connectivity index (χ3v) is 3.05. The van der Waals surface area contributed by atoms with E-state index in [1.807, 2.05) is 0 Å². The van der Waals surface area contributed by atoms with Gasteiger partial charge in [0.15, 0.2) is 0 Å². The van der Waals surface area contributed by atoms with Crippen LogP contribution in [0.15, 0.2) is 28.7 Å². The summed E-state index contributed by atoms with van der Waals surface area (Å²) < 4.78 is 87.7. The topological polar surface area (TPSA) is 20.2 Å². The lowest BCUT2D eigenvalue weighted by Crippen LogP contribution is -2.52. The molecule has 1 aromatic carbocycles. The molecule has 1 rings (SSSR count). The third kappa shape index (κ3) is 3.43. The van der Waals surface area contributed by atoms with Crippen molar-refractivity contribution in [3.05, 3.63) is 34.3 Å². The fraction of sp³-hybridized carbons (Fsp3) is 0.455. The first-order chi connectivity index (χ1) is 8.88. The van der Waals surface area contributed by atoms with Gasteiger partial charge in [0.25, 0.3) is 0 Å². The lowest BCUT2D eigenvalue weighted by Gasteiger charge is -2.29. The SMILES string of the molecule is OC(CC(F)(F)C(F)(F)C(F)(F)F)c1ccc(Br)cc1. The highest BCUT2D eigenvalue weighted by atomic mass is 79.9. The molecule has 1 unspecified atom stereocenters. The lowest BCUT2D eigenvalue weighted by molar-refractivity contribution is -0.358. The minimum atomic E-state index is -6.39. The number of rotatable bonds is 4. The summed E-state index contributed by atoms with van der Waals surface area (Å²) in [5.41, 5.74) is -0.189. The molecule has 9 heteroatoms. The Labute approximate surface area is 117 Å². The molecule has 0 radical (unpaired) electrons. The Hall–Kier alpha value is -0.830. The highest BCUT2D eigenvalue weighted by Gasteiger charge is 2.72. The van der Waals surface area contributed by atoms with E-state index in [2.05, 4.69) is 15.9 Å². The fourth-order valence-corrected chi connectivity index (χ4v) is 1.65. The van der Waals surface area contributed by atoms with Gasteiger partial charge < -0.3 is 5.11 Å². The first-order valence-electron chi connectivity index (χ1n) is 5.14. The number of benzene rings is 1. The molecule has 0 aliphatic rings. The van der Waals surface area contributed by atoms with Crippen LogP contribution in [0.5, 0.6) is 0 Å². The quantitative estimate of drug-likeness (QED) is 0.763. The molecule has 0 aromatic heterocycles. The minimum absolute atomic E-state index is 0.189. The zero-order valence-electron chi connectivity index (χ0n) is 9.56. The van der Waals surface area contributed by atoms with Crippen molar-refractivity contribution < 1.29 is 35.8 Å². The average molecular weight is 369 g/mol. The van der Waals surface area contributed by atoms with Crippen LogP contribution in [0.3, 0.4) is 0 Å². The van der Waals surface area contributed by atoms with Crippen LogP contribution in [0, 0.1) is 0 Å². The second-order valence-corrected chi connectivity index (χ2v) is 4.96. The number of alkyl halides is 7. The van der Waals surface area contributed by atoms with Gasteiger partial charge in [-0.3, -0.25) is 0 Å². The summed E-state index contributed by atoms with van der Waals surface area (Å²) in [6.45, 7) is 0. The van der Waals surface area contributed by atoms with Gasteiger partial charge in [-0.25, -0.2) is 0 Å². The molecule has 0 amide bonds. The maximum Gasteiger partial charge on any atom is 0.459 e. The van der Waals surface area contributed by atoms with Crippen LogP contribution in [0.2, 0.25) is 0 Å². The predicted octanol–water partition coefficient (Wildman–Crippen LogP) is 4.71. The molecule has 1 N–H and O–H groups in total. The van der Waals surface area contributed by atoms with E-state index in [9.17, 15) is 35.8 Å². The molecule has 0 spiro atoms. The van der Waals surface area contributed by atoms with Crippen molar-refractivity contribution in [2.45, 2.75) is 30.5 Å². The zero-order valence-corrected chi connectivity index (χ0v) is 11.2. The Balaban J connectivity index is 2.93. The molecule has 0 fully saturated rings. The molecule has 0 aliphatic heterocycles. The molecule has 1 atom stereocenters. The maximum absolute atomic E-state index is 13.1. The molecule has 1 nitrogen and oxygen atoms in total. The third-order valence-electron chi connectivity index (χ3n) is 2.52. The van der Waals surface area contributed by atoms with Crippen LogP contribution in [-0.4, -0.2) is 23.1 Å². The summed E-state index contributed by atoms with van der Waals surface area (Å²) in [5, 5.41) is 9.38. The van der Waals surface area contributed by atoms with Crippen LogP contribution < -0.4 is 0 Å². The van der Waals surface area contributed by atoms with E-state index in [4.69, 9.17) is 0 Å². The van der Waals surface area contributed by atoms with Crippen LogP contribution in [0.25, 0.3) is 0 Å². The monoisotopic (exact) mass is 368 g/mol. The second kappa shape index (κ2) is 5.51. The van der Waals surface area contributed by atoms with E-state index in [0.29, 0.717) is 4.47 Å². The van der Waals surface area contributed by atoms with Gasteiger partial charge in [0.1, 0.15) is 0 Å². The molecule has 0 saturated carbocycles. The van der Waals surface area contributed by atoms with Crippen molar-refractivity contribution in [3.63, 3.8) is 0 Å². The molecular weight excluding hydrogens is 361 g/mol. The number of hydrogen-bond acceptors (Lipinski definition) is 1. The Morgan fingerprint density at radius 2 is 1.40 bits per heavy atom. The average Bonchev–Trinajstić information content (AvgIpc) is 2.27.